The third-order valence-electron chi connectivity index (χ3n) is 7.23. The molecule has 1 spiro atoms. The Morgan fingerprint density at radius 2 is 1.90 bits per heavy atom. The van der Waals surface area contributed by atoms with Gasteiger partial charge in [0.15, 0.2) is 0 Å². The molecule has 4 heterocycles. The van der Waals surface area contributed by atoms with Crippen molar-refractivity contribution in [1.29, 1.82) is 0 Å². The standard InChI is InChI=1S/C24H30N2O3/c1-23(2)20-14-24(7-11-26(12-8-24)15-17-5-9-25-10-6-17)16-28-22(20)19-4-3-18(27)13-21(19)29-23/h3-6,9-10,13,20,22,27H,7-8,11-12,14-16H2,1-2H3/t20-,22+/m0/s1. The molecule has 1 N–H and O–H groups in total. The summed E-state index contributed by atoms with van der Waals surface area (Å²) in [7, 11) is 0. The summed E-state index contributed by atoms with van der Waals surface area (Å²) in [4.78, 5) is 6.67. The average molecular weight is 395 g/mol. The van der Waals surface area contributed by atoms with E-state index in [1.807, 2.05) is 18.5 Å². The maximum absolute atomic E-state index is 9.85. The third kappa shape index (κ3) is 3.51. The topological polar surface area (TPSA) is 54.8 Å². The number of fused-ring (bicyclic) bond motifs is 3. The van der Waals surface area contributed by atoms with Crippen molar-refractivity contribution in [3.8, 4) is 11.5 Å². The van der Waals surface area contributed by atoms with E-state index in [4.69, 9.17) is 9.47 Å². The van der Waals surface area contributed by atoms with Crippen LogP contribution >= 0.6 is 0 Å². The van der Waals surface area contributed by atoms with Crippen LogP contribution in [0.2, 0.25) is 0 Å². The Morgan fingerprint density at radius 3 is 2.66 bits per heavy atom. The summed E-state index contributed by atoms with van der Waals surface area (Å²) in [5, 5.41) is 9.85. The minimum absolute atomic E-state index is 0.0508. The highest BCUT2D eigenvalue weighted by Gasteiger charge is 2.52. The summed E-state index contributed by atoms with van der Waals surface area (Å²) in [5.41, 5.74) is 2.34. The highest BCUT2D eigenvalue weighted by molar-refractivity contribution is 5.44. The largest absolute Gasteiger partial charge is 0.508 e. The van der Waals surface area contributed by atoms with Crippen molar-refractivity contribution in [3.63, 3.8) is 0 Å². The number of benzene rings is 1. The molecule has 0 aliphatic carbocycles. The minimum atomic E-state index is -0.312. The lowest BCUT2D eigenvalue weighted by Crippen LogP contribution is -2.54. The number of aromatic hydroxyl groups is 1. The molecule has 3 aliphatic heterocycles. The molecule has 5 heteroatoms. The third-order valence-corrected chi connectivity index (χ3v) is 7.23. The maximum atomic E-state index is 9.85. The number of phenolic OH excluding ortho intramolecular Hbond substituents is 1. The molecule has 29 heavy (non-hydrogen) atoms. The zero-order chi connectivity index (χ0) is 20.1. The Kier molecular flexibility index (Phi) is 4.56. The van der Waals surface area contributed by atoms with Crippen LogP contribution < -0.4 is 4.74 Å². The van der Waals surface area contributed by atoms with E-state index in [1.54, 1.807) is 12.1 Å². The van der Waals surface area contributed by atoms with Crippen molar-refractivity contribution in [2.24, 2.45) is 11.3 Å². The molecule has 154 valence electrons. The van der Waals surface area contributed by atoms with Crippen LogP contribution in [0.15, 0.2) is 42.7 Å². The van der Waals surface area contributed by atoms with Gasteiger partial charge in [0.2, 0.25) is 0 Å². The van der Waals surface area contributed by atoms with Crippen LogP contribution in [0.1, 0.15) is 50.3 Å². The first kappa shape index (κ1) is 18.9. The Labute approximate surface area is 172 Å². The molecule has 2 saturated heterocycles. The smallest absolute Gasteiger partial charge is 0.129 e. The van der Waals surface area contributed by atoms with Crippen molar-refractivity contribution >= 4 is 0 Å². The number of likely N-dealkylation sites (tertiary alicyclic amines) is 1. The second-order valence-corrected chi connectivity index (χ2v) is 9.60. The van der Waals surface area contributed by atoms with Gasteiger partial charge in [0.05, 0.1) is 12.7 Å². The predicted molar refractivity (Wildman–Crippen MR) is 111 cm³/mol. The van der Waals surface area contributed by atoms with Crippen molar-refractivity contribution in [2.45, 2.75) is 51.4 Å². The number of hydrogen-bond donors (Lipinski definition) is 1. The van der Waals surface area contributed by atoms with Crippen LogP contribution in [-0.2, 0) is 11.3 Å². The van der Waals surface area contributed by atoms with Gasteiger partial charge in [0, 0.05) is 36.5 Å². The minimum Gasteiger partial charge on any atom is -0.508 e. The van der Waals surface area contributed by atoms with Crippen LogP contribution in [0.5, 0.6) is 11.5 Å². The fraction of sp³-hybridized carbons (Fsp3) is 0.542. The average Bonchev–Trinajstić information content (AvgIpc) is 2.71. The SMILES string of the molecule is CC1(C)Oc2cc(O)ccc2[C@H]2OCC3(CCN(Cc4ccncc4)CC3)C[C@@H]21. The molecular weight excluding hydrogens is 364 g/mol. The normalized spacial score (nSPS) is 27.7. The molecule has 2 atom stereocenters. The number of phenols is 1. The second kappa shape index (κ2) is 6.99. The number of aromatic nitrogens is 1. The van der Waals surface area contributed by atoms with E-state index in [-0.39, 0.29) is 22.9 Å². The van der Waals surface area contributed by atoms with Gasteiger partial charge >= 0.3 is 0 Å². The molecule has 0 amide bonds. The van der Waals surface area contributed by atoms with E-state index in [9.17, 15) is 5.11 Å². The molecule has 0 unspecified atom stereocenters. The van der Waals surface area contributed by atoms with E-state index in [1.165, 1.54) is 18.4 Å². The van der Waals surface area contributed by atoms with E-state index in [0.717, 1.165) is 44.0 Å². The van der Waals surface area contributed by atoms with E-state index in [2.05, 4.69) is 35.9 Å². The van der Waals surface area contributed by atoms with E-state index in [0.29, 0.717) is 5.92 Å². The van der Waals surface area contributed by atoms with Gasteiger partial charge in [-0.15, -0.1) is 0 Å². The first-order chi connectivity index (χ1) is 13.9. The maximum Gasteiger partial charge on any atom is 0.129 e. The molecule has 0 radical (unpaired) electrons. The van der Waals surface area contributed by atoms with Gasteiger partial charge in [0.25, 0.3) is 0 Å². The monoisotopic (exact) mass is 394 g/mol. The predicted octanol–water partition coefficient (Wildman–Crippen LogP) is 4.32. The fourth-order valence-corrected chi connectivity index (χ4v) is 5.42. The Hall–Kier alpha value is -2.11. The van der Waals surface area contributed by atoms with Crippen molar-refractivity contribution in [2.75, 3.05) is 19.7 Å². The van der Waals surface area contributed by atoms with Crippen molar-refractivity contribution in [3.05, 3.63) is 53.9 Å². The summed E-state index contributed by atoms with van der Waals surface area (Å²) in [6, 6.07) is 9.64. The van der Waals surface area contributed by atoms with E-state index < -0.39 is 0 Å². The lowest BCUT2D eigenvalue weighted by Gasteiger charge is -2.54. The number of rotatable bonds is 2. The van der Waals surface area contributed by atoms with Gasteiger partial charge in [-0.3, -0.25) is 9.88 Å². The lowest BCUT2D eigenvalue weighted by molar-refractivity contribution is -0.174. The van der Waals surface area contributed by atoms with Gasteiger partial charge in [0.1, 0.15) is 17.1 Å². The van der Waals surface area contributed by atoms with Gasteiger partial charge < -0.3 is 14.6 Å². The van der Waals surface area contributed by atoms with Gasteiger partial charge in [-0.2, -0.15) is 0 Å². The number of piperidine rings is 1. The first-order valence-corrected chi connectivity index (χ1v) is 10.7. The molecule has 3 aliphatic rings. The highest BCUT2D eigenvalue weighted by atomic mass is 16.5. The molecule has 2 fully saturated rings. The zero-order valence-corrected chi connectivity index (χ0v) is 17.3. The van der Waals surface area contributed by atoms with Gasteiger partial charge in [-0.1, -0.05) is 0 Å². The number of hydrogen-bond acceptors (Lipinski definition) is 5. The van der Waals surface area contributed by atoms with Crippen LogP contribution in [-0.4, -0.2) is 40.3 Å². The van der Waals surface area contributed by atoms with Crippen LogP contribution in [0.25, 0.3) is 0 Å². The zero-order valence-electron chi connectivity index (χ0n) is 17.3. The quantitative estimate of drug-likeness (QED) is 0.822. The number of pyridine rings is 1. The second-order valence-electron chi connectivity index (χ2n) is 9.60. The Morgan fingerprint density at radius 1 is 1.14 bits per heavy atom. The Balaban J connectivity index is 1.30. The number of nitrogens with zero attached hydrogens (tertiary/aromatic N) is 2. The van der Waals surface area contributed by atoms with Gasteiger partial charge in [-0.05, 0) is 81.4 Å². The lowest BCUT2D eigenvalue weighted by atomic mass is 9.64. The van der Waals surface area contributed by atoms with Crippen molar-refractivity contribution < 1.29 is 14.6 Å². The molecule has 0 saturated carbocycles. The summed E-state index contributed by atoms with van der Waals surface area (Å²) in [6.45, 7) is 8.35. The molecule has 1 aromatic heterocycles. The number of ether oxygens (including phenoxy) is 2. The van der Waals surface area contributed by atoms with Crippen LogP contribution in [0.3, 0.4) is 0 Å². The molecular formula is C24H30N2O3. The summed E-state index contributed by atoms with van der Waals surface area (Å²) >= 11 is 0. The summed E-state index contributed by atoms with van der Waals surface area (Å²) in [6.07, 6.45) is 7.26. The molecule has 5 nitrogen and oxygen atoms in total. The van der Waals surface area contributed by atoms with Crippen LogP contribution in [0.4, 0.5) is 0 Å². The fourth-order valence-electron chi connectivity index (χ4n) is 5.42. The van der Waals surface area contributed by atoms with E-state index >= 15 is 0 Å². The van der Waals surface area contributed by atoms with Crippen molar-refractivity contribution in [1.82, 2.24) is 9.88 Å². The summed E-state index contributed by atoms with van der Waals surface area (Å²) in [5.74, 6) is 1.33. The first-order valence-electron chi connectivity index (χ1n) is 10.7. The van der Waals surface area contributed by atoms with Crippen LogP contribution in [0, 0.1) is 11.3 Å². The molecule has 1 aromatic carbocycles. The molecule has 0 bridgehead atoms. The highest BCUT2D eigenvalue weighted by Crippen LogP contribution is 2.55. The summed E-state index contributed by atoms with van der Waals surface area (Å²) < 4.78 is 12.9. The van der Waals surface area contributed by atoms with Gasteiger partial charge in [-0.25, -0.2) is 0 Å². The molecule has 2 aromatic rings. The Bertz CT molecular complexity index is 875. The molecule has 5 rings (SSSR count).